The van der Waals surface area contributed by atoms with E-state index in [4.69, 9.17) is 4.74 Å². The summed E-state index contributed by atoms with van der Waals surface area (Å²) >= 11 is 7.20. The highest BCUT2D eigenvalue weighted by Crippen LogP contribution is 2.64. The van der Waals surface area contributed by atoms with Crippen LogP contribution in [0.1, 0.15) is 24.0 Å². The van der Waals surface area contributed by atoms with Gasteiger partial charge in [0.05, 0.1) is 4.83 Å². The van der Waals surface area contributed by atoms with Crippen molar-refractivity contribution in [2.75, 3.05) is 13.6 Å². The second kappa shape index (κ2) is 4.52. The van der Waals surface area contributed by atoms with Gasteiger partial charge in [0.25, 0.3) is 0 Å². The van der Waals surface area contributed by atoms with E-state index < -0.39 is 6.10 Å². The molecule has 5 rings (SSSR count). The molecule has 0 aromatic heterocycles. The molecule has 4 aliphatic rings. The minimum absolute atomic E-state index is 0.129. The van der Waals surface area contributed by atoms with Crippen LogP contribution in [0.4, 0.5) is 0 Å². The van der Waals surface area contributed by atoms with E-state index >= 15 is 0 Å². The number of carbonyl (C=O) groups excluding carboxylic acids is 1. The van der Waals surface area contributed by atoms with E-state index in [1.54, 1.807) is 6.07 Å². The van der Waals surface area contributed by atoms with Crippen LogP contribution in [0.25, 0.3) is 0 Å². The number of aromatic hydroxyl groups is 1. The van der Waals surface area contributed by atoms with E-state index in [0.29, 0.717) is 17.7 Å². The Labute approximate surface area is 151 Å². The zero-order valence-corrected chi connectivity index (χ0v) is 15.9. The molecule has 0 amide bonds. The van der Waals surface area contributed by atoms with Crippen LogP contribution in [0.15, 0.2) is 10.5 Å². The van der Waals surface area contributed by atoms with Gasteiger partial charge in [0.2, 0.25) is 0 Å². The zero-order chi connectivity index (χ0) is 16.1. The lowest BCUT2D eigenvalue weighted by Gasteiger charge is -2.57. The highest BCUT2D eigenvalue weighted by atomic mass is 79.9. The van der Waals surface area contributed by atoms with Crippen molar-refractivity contribution in [2.45, 2.75) is 41.7 Å². The number of phenolic OH excluding ortho intramolecular Hbond substituents is 1. The number of carbonyl (C=O) groups is 1. The van der Waals surface area contributed by atoms with Gasteiger partial charge >= 0.3 is 0 Å². The topological polar surface area (TPSA) is 49.8 Å². The fraction of sp³-hybridized carbons (Fsp3) is 0.588. The second-order valence-electron chi connectivity index (χ2n) is 7.31. The van der Waals surface area contributed by atoms with E-state index in [1.165, 1.54) is 5.56 Å². The van der Waals surface area contributed by atoms with Crippen LogP contribution >= 0.6 is 31.9 Å². The zero-order valence-electron chi connectivity index (χ0n) is 12.7. The maximum Gasteiger partial charge on any atom is 0.187 e. The molecule has 1 unspecified atom stereocenters. The lowest BCUT2D eigenvalue weighted by molar-refractivity contribution is -0.137. The van der Waals surface area contributed by atoms with Crippen molar-refractivity contribution in [3.63, 3.8) is 0 Å². The molecule has 2 heterocycles. The van der Waals surface area contributed by atoms with Gasteiger partial charge in [-0.2, -0.15) is 0 Å². The number of benzene rings is 1. The van der Waals surface area contributed by atoms with Gasteiger partial charge in [0, 0.05) is 21.5 Å². The predicted octanol–water partition coefficient (Wildman–Crippen LogP) is 2.77. The summed E-state index contributed by atoms with van der Waals surface area (Å²) in [5, 5.41) is 10.4. The number of likely N-dealkylation sites (N-methyl/N-ethyl adjacent to an activating group) is 1. The van der Waals surface area contributed by atoms with Crippen LogP contribution in [0.2, 0.25) is 0 Å². The second-order valence-corrected chi connectivity index (χ2v) is 9.27. The Morgan fingerprint density at radius 2 is 2.26 bits per heavy atom. The Kier molecular flexibility index (Phi) is 2.90. The van der Waals surface area contributed by atoms with Gasteiger partial charge in [-0.15, -0.1) is 0 Å². The molecular weight excluding hydrogens is 426 g/mol. The quantitative estimate of drug-likeness (QED) is 0.627. The molecule has 1 saturated heterocycles. The molecule has 2 bridgehead atoms. The number of ketones is 1. The van der Waals surface area contributed by atoms with Crippen molar-refractivity contribution in [3.05, 3.63) is 21.7 Å². The van der Waals surface area contributed by atoms with Gasteiger partial charge in [-0.3, -0.25) is 4.79 Å². The van der Waals surface area contributed by atoms with Crippen LogP contribution in [0.5, 0.6) is 11.5 Å². The summed E-state index contributed by atoms with van der Waals surface area (Å²) < 4.78 is 7.05. The van der Waals surface area contributed by atoms with Gasteiger partial charge in [-0.25, -0.2) is 0 Å². The van der Waals surface area contributed by atoms with Crippen molar-refractivity contribution < 1.29 is 14.6 Å². The highest BCUT2D eigenvalue weighted by Gasteiger charge is 2.67. The molecule has 0 radical (unpaired) electrons. The monoisotopic (exact) mass is 441 g/mol. The summed E-state index contributed by atoms with van der Waals surface area (Å²) in [7, 11) is 2.18. The number of nitrogens with zero attached hydrogens (tertiary/aromatic N) is 1. The van der Waals surface area contributed by atoms with E-state index in [0.717, 1.165) is 35.8 Å². The van der Waals surface area contributed by atoms with Crippen molar-refractivity contribution >= 4 is 37.6 Å². The number of ether oxygens (including phenoxy) is 1. The van der Waals surface area contributed by atoms with Crippen LogP contribution < -0.4 is 4.74 Å². The number of piperidine rings is 1. The molecule has 1 saturated carbocycles. The smallest absolute Gasteiger partial charge is 0.187 e. The fourth-order valence-electron chi connectivity index (χ4n) is 5.51. The molecule has 6 heteroatoms. The third kappa shape index (κ3) is 1.58. The molecule has 2 aliphatic carbocycles. The number of halogens is 2. The number of hydrogen-bond donors (Lipinski definition) is 1. The van der Waals surface area contributed by atoms with Gasteiger partial charge in [0.1, 0.15) is 0 Å². The summed E-state index contributed by atoms with van der Waals surface area (Å²) in [5.41, 5.74) is 2.06. The summed E-state index contributed by atoms with van der Waals surface area (Å²) in [6, 6.07) is 2.14. The molecular formula is C17H17Br2NO3. The standard InChI is InChI=1S/C17H17Br2NO3/c1-20-3-2-17-8-5-10(19)14(22)16(17)23-15-12(21)6-9(18)7(13(15)17)4-11(8)20/h6,8,10-11,16,21H,2-5H2,1H3/t8-,10?,11+,16-,17-/m0/s1. The summed E-state index contributed by atoms with van der Waals surface area (Å²) in [5.74, 6) is 1.21. The Bertz CT molecular complexity index is 752. The van der Waals surface area contributed by atoms with Crippen LogP contribution in [-0.2, 0) is 16.6 Å². The minimum atomic E-state index is -0.462. The number of likely N-dealkylation sites (tertiary alicyclic amines) is 1. The van der Waals surface area contributed by atoms with Gasteiger partial charge in [0.15, 0.2) is 23.4 Å². The highest BCUT2D eigenvalue weighted by molar-refractivity contribution is 9.10. The number of alkyl halides is 1. The van der Waals surface area contributed by atoms with Crippen molar-refractivity contribution in [3.8, 4) is 11.5 Å². The molecule has 1 aromatic carbocycles. The molecule has 122 valence electrons. The third-order valence-corrected chi connectivity index (χ3v) is 8.03. The molecule has 1 spiro atoms. The average Bonchev–Trinajstić information content (AvgIpc) is 2.85. The molecule has 5 atom stereocenters. The predicted molar refractivity (Wildman–Crippen MR) is 92.5 cm³/mol. The molecule has 23 heavy (non-hydrogen) atoms. The number of Topliss-reactive ketones (excluding diaryl/α,β-unsaturated/α-hetero) is 1. The van der Waals surface area contributed by atoms with Gasteiger partial charge in [-0.1, -0.05) is 31.9 Å². The number of phenols is 1. The first-order valence-corrected chi connectivity index (χ1v) is 9.75. The molecule has 1 N–H and O–H groups in total. The van der Waals surface area contributed by atoms with E-state index in [2.05, 4.69) is 43.8 Å². The summed E-state index contributed by atoms with van der Waals surface area (Å²) in [4.78, 5) is 15.1. The Hall–Kier alpha value is -0.590. The number of rotatable bonds is 0. The lowest BCUT2D eigenvalue weighted by atomic mass is 9.51. The Morgan fingerprint density at radius 1 is 1.48 bits per heavy atom. The minimum Gasteiger partial charge on any atom is -0.504 e. The van der Waals surface area contributed by atoms with E-state index in [-0.39, 0.29) is 21.8 Å². The fourth-order valence-corrected chi connectivity index (χ4v) is 6.73. The summed E-state index contributed by atoms with van der Waals surface area (Å²) in [6.07, 6.45) is 2.24. The Morgan fingerprint density at radius 3 is 3.04 bits per heavy atom. The van der Waals surface area contributed by atoms with E-state index in [1.807, 2.05) is 0 Å². The normalized spacial score (nSPS) is 40.7. The largest absolute Gasteiger partial charge is 0.504 e. The SMILES string of the molecule is CN1CC[C@]23c4c5c(Br)cc(O)c4O[C@H]2C(=O)C(Br)C[C@H]3[C@H]1C5. The average molecular weight is 443 g/mol. The lowest BCUT2D eigenvalue weighted by Crippen LogP contribution is -2.67. The third-order valence-electron chi connectivity index (χ3n) is 6.49. The van der Waals surface area contributed by atoms with Crippen molar-refractivity contribution in [1.82, 2.24) is 4.90 Å². The van der Waals surface area contributed by atoms with Crippen LogP contribution in [-0.4, -0.2) is 46.4 Å². The first-order valence-electron chi connectivity index (χ1n) is 8.04. The van der Waals surface area contributed by atoms with E-state index in [9.17, 15) is 9.90 Å². The van der Waals surface area contributed by atoms with Crippen LogP contribution in [0, 0.1) is 5.92 Å². The van der Waals surface area contributed by atoms with Crippen LogP contribution in [0.3, 0.4) is 0 Å². The van der Waals surface area contributed by atoms with Crippen molar-refractivity contribution in [1.29, 1.82) is 0 Å². The Balaban J connectivity index is 1.84. The summed E-state index contributed by atoms with van der Waals surface area (Å²) in [6.45, 7) is 0.966. The first-order chi connectivity index (χ1) is 10.9. The molecule has 1 aromatic rings. The van der Waals surface area contributed by atoms with Crippen molar-refractivity contribution in [2.24, 2.45) is 5.92 Å². The maximum atomic E-state index is 12.9. The first kappa shape index (κ1) is 14.7. The van der Waals surface area contributed by atoms with Gasteiger partial charge < -0.3 is 14.7 Å². The molecule has 2 fully saturated rings. The number of hydrogen-bond acceptors (Lipinski definition) is 4. The molecule has 4 nitrogen and oxygen atoms in total. The molecule has 2 aliphatic heterocycles. The maximum absolute atomic E-state index is 12.9. The van der Waals surface area contributed by atoms with Gasteiger partial charge in [-0.05, 0) is 50.4 Å².